The molecule has 6 heteroatoms. The highest BCUT2D eigenvalue weighted by atomic mass is 16.6. The summed E-state index contributed by atoms with van der Waals surface area (Å²) in [5.41, 5.74) is 6.63. The Bertz CT molecular complexity index is 463. The molecule has 1 atom stereocenters. The Morgan fingerprint density at radius 3 is 2.60 bits per heavy atom. The van der Waals surface area contributed by atoms with Crippen molar-refractivity contribution < 1.29 is 9.66 Å². The molecule has 0 saturated heterocycles. The lowest BCUT2D eigenvalue weighted by Gasteiger charge is -2.23. The number of ether oxygens (including phenoxy) is 1. The van der Waals surface area contributed by atoms with Crippen LogP contribution in [0.2, 0.25) is 0 Å². The standard InChI is InChI=1S/C14H23N3O3/c1-10(2)12(15)7-8-16(3)13-6-5-11(20-4)9-14(13)17(18)19/h5-6,9-10,12H,7-8,15H2,1-4H3. The summed E-state index contributed by atoms with van der Waals surface area (Å²) >= 11 is 0. The van der Waals surface area contributed by atoms with Crippen LogP contribution in [0.4, 0.5) is 11.4 Å². The summed E-state index contributed by atoms with van der Waals surface area (Å²) in [6.07, 6.45) is 0.789. The van der Waals surface area contributed by atoms with Crippen molar-refractivity contribution in [3.63, 3.8) is 0 Å². The molecule has 0 aromatic heterocycles. The van der Waals surface area contributed by atoms with Crippen molar-refractivity contribution in [2.45, 2.75) is 26.3 Å². The molecule has 1 aromatic rings. The second-order valence-corrected chi connectivity index (χ2v) is 5.23. The Kier molecular flexibility index (Phi) is 5.76. The van der Waals surface area contributed by atoms with Gasteiger partial charge in [0, 0.05) is 19.6 Å². The van der Waals surface area contributed by atoms with E-state index in [1.807, 2.05) is 11.9 Å². The Hall–Kier alpha value is -1.82. The van der Waals surface area contributed by atoms with Crippen molar-refractivity contribution in [2.75, 3.05) is 25.6 Å². The number of nitrogens with two attached hydrogens (primary N) is 1. The Balaban J connectivity index is 2.86. The molecule has 0 amide bonds. The third-order valence-corrected chi connectivity index (χ3v) is 3.44. The molecular weight excluding hydrogens is 258 g/mol. The van der Waals surface area contributed by atoms with E-state index in [9.17, 15) is 10.1 Å². The van der Waals surface area contributed by atoms with E-state index in [4.69, 9.17) is 10.5 Å². The quantitative estimate of drug-likeness (QED) is 0.613. The minimum atomic E-state index is -0.392. The van der Waals surface area contributed by atoms with Gasteiger partial charge in [-0.05, 0) is 24.5 Å². The summed E-state index contributed by atoms with van der Waals surface area (Å²) in [7, 11) is 3.33. The number of hydrogen-bond acceptors (Lipinski definition) is 5. The molecule has 112 valence electrons. The van der Waals surface area contributed by atoms with Gasteiger partial charge in [-0.15, -0.1) is 0 Å². The molecule has 0 aliphatic rings. The maximum absolute atomic E-state index is 11.1. The van der Waals surface area contributed by atoms with Gasteiger partial charge in [0.25, 0.3) is 5.69 Å². The van der Waals surface area contributed by atoms with Crippen LogP contribution in [-0.2, 0) is 0 Å². The third-order valence-electron chi connectivity index (χ3n) is 3.44. The number of benzene rings is 1. The summed E-state index contributed by atoms with van der Waals surface area (Å²) in [6, 6.07) is 4.96. The van der Waals surface area contributed by atoms with E-state index in [2.05, 4.69) is 13.8 Å². The SMILES string of the molecule is COc1ccc(N(C)CCC(N)C(C)C)c([N+](=O)[O-])c1. The molecule has 1 aromatic carbocycles. The normalized spacial score (nSPS) is 12.3. The molecule has 1 unspecified atom stereocenters. The van der Waals surface area contributed by atoms with E-state index < -0.39 is 4.92 Å². The van der Waals surface area contributed by atoms with Crippen molar-refractivity contribution in [2.24, 2.45) is 11.7 Å². The molecule has 0 heterocycles. The van der Waals surface area contributed by atoms with Crippen LogP contribution in [0.1, 0.15) is 20.3 Å². The van der Waals surface area contributed by atoms with Crippen molar-refractivity contribution in [1.29, 1.82) is 0 Å². The minimum absolute atomic E-state index is 0.0463. The van der Waals surface area contributed by atoms with Gasteiger partial charge in [-0.1, -0.05) is 13.8 Å². The van der Waals surface area contributed by atoms with Gasteiger partial charge in [0.1, 0.15) is 11.4 Å². The van der Waals surface area contributed by atoms with Gasteiger partial charge in [-0.25, -0.2) is 0 Å². The van der Waals surface area contributed by atoms with Crippen LogP contribution >= 0.6 is 0 Å². The van der Waals surface area contributed by atoms with Crippen LogP contribution in [-0.4, -0.2) is 31.7 Å². The molecule has 0 aliphatic heterocycles. The summed E-state index contributed by atoms with van der Waals surface area (Å²) in [6.45, 7) is 4.81. The van der Waals surface area contributed by atoms with Gasteiger partial charge in [0.05, 0.1) is 18.1 Å². The van der Waals surface area contributed by atoms with Crippen LogP contribution in [0.3, 0.4) is 0 Å². The zero-order valence-corrected chi connectivity index (χ0v) is 12.5. The largest absolute Gasteiger partial charge is 0.496 e. The summed E-state index contributed by atoms with van der Waals surface area (Å²) in [5, 5.41) is 11.1. The highest BCUT2D eigenvalue weighted by Crippen LogP contribution is 2.31. The fourth-order valence-corrected chi connectivity index (χ4v) is 1.90. The van der Waals surface area contributed by atoms with Crippen LogP contribution in [0, 0.1) is 16.0 Å². The lowest BCUT2D eigenvalue weighted by molar-refractivity contribution is -0.384. The minimum Gasteiger partial charge on any atom is -0.496 e. The van der Waals surface area contributed by atoms with Gasteiger partial charge >= 0.3 is 0 Å². The van der Waals surface area contributed by atoms with E-state index in [0.717, 1.165) is 6.42 Å². The van der Waals surface area contributed by atoms with Crippen LogP contribution in [0.25, 0.3) is 0 Å². The first-order valence-electron chi connectivity index (χ1n) is 6.66. The highest BCUT2D eigenvalue weighted by Gasteiger charge is 2.19. The zero-order valence-electron chi connectivity index (χ0n) is 12.5. The maximum Gasteiger partial charge on any atom is 0.296 e. The van der Waals surface area contributed by atoms with E-state index in [1.165, 1.54) is 13.2 Å². The van der Waals surface area contributed by atoms with E-state index in [0.29, 0.717) is 23.9 Å². The van der Waals surface area contributed by atoms with Crippen molar-refractivity contribution in [3.8, 4) is 5.75 Å². The van der Waals surface area contributed by atoms with Crippen molar-refractivity contribution in [1.82, 2.24) is 0 Å². The third kappa shape index (κ3) is 4.09. The topological polar surface area (TPSA) is 81.6 Å². The van der Waals surface area contributed by atoms with Crippen molar-refractivity contribution >= 4 is 11.4 Å². The van der Waals surface area contributed by atoms with E-state index in [-0.39, 0.29) is 11.7 Å². The monoisotopic (exact) mass is 281 g/mol. The molecule has 2 N–H and O–H groups in total. The molecule has 0 aliphatic carbocycles. The van der Waals surface area contributed by atoms with Gasteiger partial charge in [0.15, 0.2) is 0 Å². The molecule has 0 bridgehead atoms. The van der Waals surface area contributed by atoms with Crippen LogP contribution in [0.5, 0.6) is 5.75 Å². The average Bonchev–Trinajstić information content (AvgIpc) is 2.43. The smallest absolute Gasteiger partial charge is 0.296 e. The first-order chi connectivity index (χ1) is 9.36. The van der Waals surface area contributed by atoms with Crippen LogP contribution in [0.15, 0.2) is 18.2 Å². The number of nitro benzene ring substituents is 1. The van der Waals surface area contributed by atoms with Gasteiger partial charge < -0.3 is 15.4 Å². The summed E-state index contributed by atoms with van der Waals surface area (Å²) in [4.78, 5) is 12.6. The maximum atomic E-state index is 11.1. The van der Waals surface area contributed by atoms with Gasteiger partial charge in [0.2, 0.25) is 0 Å². The molecule has 0 fully saturated rings. The molecule has 1 rings (SSSR count). The fraction of sp³-hybridized carbons (Fsp3) is 0.571. The molecule has 0 spiro atoms. The predicted molar refractivity (Wildman–Crippen MR) is 80.3 cm³/mol. The summed E-state index contributed by atoms with van der Waals surface area (Å²) in [5.74, 6) is 0.877. The highest BCUT2D eigenvalue weighted by molar-refractivity contribution is 5.65. The van der Waals surface area contributed by atoms with Gasteiger partial charge in [-0.2, -0.15) is 0 Å². The lowest BCUT2D eigenvalue weighted by Crippen LogP contribution is -2.32. The van der Waals surface area contributed by atoms with E-state index in [1.54, 1.807) is 12.1 Å². The Labute approximate surface area is 119 Å². The number of hydrogen-bond donors (Lipinski definition) is 1. The number of nitro groups is 1. The average molecular weight is 281 g/mol. The zero-order chi connectivity index (χ0) is 15.3. The molecule has 6 nitrogen and oxygen atoms in total. The molecule has 0 saturated carbocycles. The number of anilines is 1. The second kappa shape index (κ2) is 7.09. The number of rotatable bonds is 7. The summed E-state index contributed by atoms with van der Waals surface area (Å²) < 4.78 is 5.03. The van der Waals surface area contributed by atoms with E-state index >= 15 is 0 Å². The van der Waals surface area contributed by atoms with Crippen LogP contribution < -0.4 is 15.4 Å². The lowest BCUT2D eigenvalue weighted by atomic mass is 10.0. The Morgan fingerprint density at radius 2 is 2.10 bits per heavy atom. The molecular formula is C14H23N3O3. The van der Waals surface area contributed by atoms with Crippen molar-refractivity contribution in [3.05, 3.63) is 28.3 Å². The Morgan fingerprint density at radius 1 is 1.45 bits per heavy atom. The van der Waals surface area contributed by atoms with Gasteiger partial charge in [-0.3, -0.25) is 10.1 Å². The molecule has 0 radical (unpaired) electrons. The first kappa shape index (κ1) is 16.2. The predicted octanol–water partition coefficient (Wildman–Crippen LogP) is 2.41. The number of nitrogens with zero attached hydrogens (tertiary/aromatic N) is 2. The molecule has 20 heavy (non-hydrogen) atoms. The second-order valence-electron chi connectivity index (χ2n) is 5.23. The number of methoxy groups -OCH3 is 1. The first-order valence-corrected chi connectivity index (χ1v) is 6.66. The fourth-order valence-electron chi connectivity index (χ4n) is 1.90.